The molecule has 1 aromatic rings. The Hall–Kier alpha value is -1.15. The number of rotatable bonds is 4. The van der Waals surface area contributed by atoms with Gasteiger partial charge in [-0.1, -0.05) is 56.7 Å². The summed E-state index contributed by atoms with van der Waals surface area (Å²) < 4.78 is 0. The van der Waals surface area contributed by atoms with Gasteiger partial charge in [0.15, 0.2) is 0 Å². The van der Waals surface area contributed by atoms with E-state index in [0.717, 1.165) is 6.54 Å². The third-order valence-corrected chi connectivity index (χ3v) is 2.13. The molecule has 2 heteroatoms. The number of Topliss-reactive ketones (excluding diaryl/α,β-unsaturated/α-hetero) is 1. The van der Waals surface area contributed by atoms with Gasteiger partial charge in [0, 0.05) is 7.34 Å². The Labute approximate surface area is 101 Å². The summed E-state index contributed by atoms with van der Waals surface area (Å²) >= 11 is 0. The molecule has 0 heterocycles. The zero-order chi connectivity index (χ0) is 12.4. The Bertz CT molecular complexity index is 286. The molecule has 0 saturated heterocycles. The molecule has 0 radical (unpaired) electrons. The van der Waals surface area contributed by atoms with Gasteiger partial charge in [-0.3, -0.25) is 4.79 Å². The fourth-order valence-corrected chi connectivity index (χ4v) is 0.987. The number of hydrogen-bond donors (Lipinski definition) is 1. The van der Waals surface area contributed by atoms with Gasteiger partial charge in [0.2, 0.25) is 0 Å². The van der Waals surface area contributed by atoms with Gasteiger partial charge in [-0.15, -0.1) is 0 Å². The van der Waals surface area contributed by atoms with E-state index in [1.165, 1.54) is 5.56 Å². The van der Waals surface area contributed by atoms with E-state index in [1.807, 2.05) is 39.0 Å². The van der Waals surface area contributed by atoms with Crippen molar-refractivity contribution >= 4 is 5.78 Å². The highest BCUT2D eigenvalue weighted by molar-refractivity contribution is 5.82. The molecule has 1 aromatic carbocycles. The van der Waals surface area contributed by atoms with Crippen LogP contribution in [0.1, 0.15) is 27.8 Å². The summed E-state index contributed by atoms with van der Waals surface area (Å²) in [6.45, 7) is 9.31. The van der Waals surface area contributed by atoms with Crippen LogP contribution in [0, 0.1) is 12.8 Å². The van der Waals surface area contributed by atoms with Gasteiger partial charge < -0.3 is 5.32 Å². The van der Waals surface area contributed by atoms with Crippen molar-refractivity contribution in [1.82, 2.24) is 5.32 Å². The predicted octanol–water partition coefficient (Wildman–Crippen LogP) is 3.06. The molecular formula is C14H25NO. The largest absolute Gasteiger partial charge is 0.310 e. The minimum Gasteiger partial charge on any atom is -0.310 e. The maximum atomic E-state index is 10.8. The Kier molecular flexibility index (Phi) is 8.45. The first-order valence-corrected chi connectivity index (χ1v) is 5.83. The van der Waals surface area contributed by atoms with Crippen LogP contribution in [0.15, 0.2) is 30.3 Å². The number of carbonyl (C=O) groups excluding carboxylic acids is 1. The van der Waals surface area contributed by atoms with Crippen molar-refractivity contribution in [3.63, 3.8) is 0 Å². The van der Waals surface area contributed by atoms with Crippen molar-refractivity contribution in [1.29, 1.82) is 0 Å². The highest BCUT2D eigenvalue weighted by atomic mass is 16.1. The number of ketones is 1. The summed E-state index contributed by atoms with van der Waals surface area (Å²) in [4.78, 5) is 10.8. The molecule has 0 aliphatic carbocycles. The zero-order valence-electron chi connectivity index (χ0n) is 10.8. The van der Waals surface area contributed by atoms with Gasteiger partial charge in [-0.05, 0) is 13.5 Å². The summed E-state index contributed by atoms with van der Waals surface area (Å²) in [6, 6.07) is 10.3. The van der Waals surface area contributed by atoms with E-state index in [1.54, 1.807) is 0 Å². The molecule has 92 valence electrons. The molecule has 0 aromatic heterocycles. The smallest absolute Gasteiger partial charge is 0.149 e. The van der Waals surface area contributed by atoms with Crippen molar-refractivity contribution in [2.75, 3.05) is 13.1 Å². The molecule has 0 spiro atoms. The van der Waals surface area contributed by atoms with Gasteiger partial charge in [-0.2, -0.15) is 0 Å². The van der Waals surface area contributed by atoms with Crippen LogP contribution in [0.2, 0.25) is 0 Å². The quantitative estimate of drug-likeness (QED) is 0.850. The van der Waals surface area contributed by atoms with Crippen LogP contribution in [0.25, 0.3) is 0 Å². The number of benzene rings is 1. The normalized spacial score (nSPS) is 9.56. The SMILES string of the molecule is CCNCC(=O)C(C)C.Cc1ccccc1.[HH]. The van der Waals surface area contributed by atoms with Crippen LogP contribution < -0.4 is 5.32 Å². The molecule has 0 unspecified atom stereocenters. The molecule has 0 fully saturated rings. The third kappa shape index (κ3) is 8.18. The first-order valence-electron chi connectivity index (χ1n) is 5.83. The molecule has 0 atom stereocenters. The van der Waals surface area contributed by atoms with Gasteiger partial charge in [-0.25, -0.2) is 0 Å². The van der Waals surface area contributed by atoms with E-state index >= 15 is 0 Å². The molecule has 0 saturated carbocycles. The number of hydrogen-bond acceptors (Lipinski definition) is 2. The highest BCUT2D eigenvalue weighted by Gasteiger charge is 2.03. The molecule has 0 bridgehead atoms. The molecule has 0 amide bonds. The number of carbonyl (C=O) groups is 1. The lowest BCUT2D eigenvalue weighted by atomic mass is 10.1. The molecule has 0 aliphatic rings. The summed E-state index contributed by atoms with van der Waals surface area (Å²) in [7, 11) is 0. The molecule has 2 nitrogen and oxygen atoms in total. The van der Waals surface area contributed by atoms with Gasteiger partial charge in [0.05, 0.1) is 6.54 Å². The van der Waals surface area contributed by atoms with E-state index in [9.17, 15) is 4.79 Å². The second kappa shape index (κ2) is 9.10. The van der Waals surface area contributed by atoms with Crippen LogP contribution in [0.3, 0.4) is 0 Å². The van der Waals surface area contributed by atoms with Crippen molar-refractivity contribution < 1.29 is 6.22 Å². The van der Waals surface area contributed by atoms with Crippen molar-refractivity contribution in [2.45, 2.75) is 27.7 Å². The van der Waals surface area contributed by atoms with Crippen molar-refractivity contribution in [3.05, 3.63) is 35.9 Å². The molecule has 0 aliphatic heterocycles. The van der Waals surface area contributed by atoms with E-state index in [0.29, 0.717) is 6.54 Å². The average molecular weight is 223 g/mol. The number of likely N-dealkylation sites (N-methyl/N-ethyl adjacent to an activating group) is 1. The lowest BCUT2D eigenvalue weighted by Gasteiger charge is -2.02. The monoisotopic (exact) mass is 223 g/mol. The molecular weight excluding hydrogens is 198 g/mol. The Morgan fingerprint density at radius 2 is 1.88 bits per heavy atom. The van der Waals surface area contributed by atoms with Gasteiger partial charge in [0.25, 0.3) is 0 Å². The van der Waals surface area contributed by atoms with Crippen LogP contribution >= 0.6 is 0 Å². The Morgan fingerprint density at radius 3 is 2.19 bits per heavy atom. The van der Waals surface area contributed by atoms with Crippen molar-refractivity contribution in [3.8, 4) is 0 Å². The van der Waals surface area contributed by atoms with Gasteiger partial charge in [0.1, 0.15) is 5.78 Å². The maximum absolute atomic E-state index is 10.8. The van der Waals surface area contributed by atoms with E-state index in [2.05, 4.69) is 24.4 Å². The Balaban J connectivity index is 0. The van der Waals surface area contributed by atoms with Crippen LogP contribution in [0.4, 0.5) is 0 Å². The standard InChI is InChI=1S/C7H15NO.C7H8.H2/c1-4-8-5-7(9)6(2)3;1-7-5-3-2-4-6-7;/h6,8H,4-5H2,1-3H3;2-6H,1H3;1H. The molecule has 1 rings (SSSR count). The third-order valence-electron chi connectivity index (χ3n) is 2.13. The second-order valence-electron chi connectivity index (χ2n) is 4.06. The second-order valence-corrected chi connectivity index (χ2v) is 4.06. The summed E-state index contributed by atoms with van der Waals surface area (Å²) in [5.41, 5.74) is 1.32. The van der Waals surface area contributed by atoms with Crippen molar-refractivity contribution in [2.24, 2.45) is 5.92 Å². The van der Waals surface area contributed by atoms with E-state index in [4.69, 9.17) is 0 Å². The summed E-state index contributed by atoms with van der Waals surface area (Å²) in [5.74, 6) is 0.459. The zero-order valence-corrected chi connectivity index (χ0v) is 10.8. The van der Waals surface area contributed by atoms with Crippen LogP contribution in [-0.2, 0) is 4.79 Å². The van der Waals surface area contributed by atoms with Crippen LogP contribution in [0.5, 0.6) is 0 Å². The number of aryl methyl sites for hydroxylation is 1. The minimum atomic E-state index is 0. The minimum absolute atomic E-state index is 0. The molecule has 16 heavy (non-hydrogen) atoms. The fourth-order valence-electron chi connectivity index (χ4n) is 0.987. The summed E-state index contributed by atoms with van der Waals surface area (Å²) in [5, 5.41) is 2.98. The maximum Gasteiger partial charge on any atom is 0.149 e. The predicted molar refractivity (Wildman–Crippen MR) is 71.7 cm³/mol. The average Bonchev–Trinajstić information content (AvgIpc) is 2.27. The lowest BCUT2D eigenvalue weighted by Crippen LogP contribution is -2.25. The Morgan fingerprint density at radius 1 is 1.31 bits per heavy atom. The van der Waals surface area contributed by atoms with Crippen LogP contribution in [-0.4, -0.2) is 18.9 Å². The molecule has 1 N–H and O–H groups in total. The van der Waals surface area contributed by atoms with E-state index in [-0.39, 0.29) is 13.1 Å². The lowest BCUT2D eigenvalue weighted by molar-refractivity contribution is -0.121. The highest BCUT2D eigenvalue weighted by Crippen LogP contribution is 1.92. The van der Waals surface area contributed by atoms with E-state index < -0.39 is 0 Å². The topological polar surface area (TPSA) is 29.1 Å². The fraction of sp³-hybridized carbons (Fsp3) is 0.500. The summed E-state index contributed by atoms with van der Waals surface area (Å²) in [6.07, 6.45) is 0. The van der Waals surface area contributed by atoms with Gasteiger partial charge >= 0.3 is 0 Å². The first-order chi connectivity index (χ1) is 7.57. The number of nitrogens with one attached hydrogen (secondary N) is 1. The first kappa shape index (κ1) is 14.8.